The average Bonchev–Trinajstić information content (AvgIpc) is 2.44. The number of hydrogen-bond donors (Lipinski definition) is 2. The first kappa shape index (κ1) is 13.7. The number of nitrogens with one attached hydrogen (secondary N) is 1. The molecule has 0 aliphatic carbocycles. The molecule has 0 bridgehead atoms. The number of nitrogens with zero attached hydrogens (tertiary/aromatic N) is 1. The molecule has 2 rings (SSSR count). The first-order chi connectivity index (χ1) is 9.09. The first-order valence-electron chi connectivity index (χ1n) is 5.38. The summed E-state index contributed by atoms with van der Waals surface area (Å²) in [6.07, 6.45) is 0. The van der Waals surface area contributed by atoms with Crippen molar-refractivity contribution in [3.8, 4) is 0 Å². The van der Waals surface area contributed by atoms with Crippen molar-refractivity contribution < 1.29 is 10.0 Å². The van der Waals surface area contributed by atoms with Gasteiger partial charge in [0, 0.05) is 0 Å². The maximum atomic E-state index is 11.8. The van der Waals surface area contributed by atoms with Gasteiger partial charge in [-0.2, -0.15) is 5.06 Å². The van der Waals surface area contributed by atoms with E-state index in [1.54, 1.807) is 48.5 Å². The maximum absolute atomic E-state index is 11.8. The first-order valence-corrected chi connectivity index (χ1v) is 6.14. The number of para-hydroxylation sites is 1. The van der Waals surface area contributed by atoms with Crippen LogP contribution in [-0.2, 0) is 0 Å². The number of anilines is 2. The summed E-state index contributed by atoms with van der Waals surface area (Å²) in [5, 5.41) is 13.3. The maximum Gasteiger partial charge on any atom is 0.350 e. The van der Waals surface area contributed by atoms with E-state index in [0.29, 0.717) is 21.5 Å². The van der Waals surface area contributed by atoms with Crippen LogP contribution in [0.2, 0.25) is 10.0 Å². The molecule has 0 aliphatic heterocycles. The number of benzene rings is 2. The highest BCUT2D eigenvalue weighted by Crippen LogP contribution is 2.29. The van der Waals surface area contributed by atoms with Crippen molar-refractivity contribution in [1.29, 1.82) is 0 Å². The summed E-state index contributed by atoms with van der Waals surface area (Å²) in [5.41, 5.74) is 0.673. The Morgan fingerprint density at radius 1 is 1.05 bits per heavy atom. The second-order valence-corrected chi connectivity index (χ2v) is 4.46. The van der Waals surface area contributed by atoms with Gasteiger partial charge >= 0.3 is 6.03 Å². The van der Waals surface area contributed by atoms with Crippen LogP contribution in [0.3, 0.4) is 0 Å². The number of amides is 2. The number of hydrogen-bond acceptors (Lipinski definition) is 2. The summed E-state index contributed by atoms with van der Waals surface area (Å²) in [6.45, 7) is 0. The molecule has 98 valence electrons. The van der Waals surface area contributed by atoms with Crippen LogP contribution in [0, 0.1) is 0 Å². The third-order valence-corrected chi connectivity index (χ3v) is 3.21. The van der Waals surface area contributed by atoms with E-state index in [1.807, 2.05) is 0 Å². The van der Waals surface area contributed by atoms with Gasteiger partial charge in [-0.1, -0.05) is 47.5 Å². The van der Waals surface area contributed by atoms with E-state index in [-0.39, 0.29) is 5.02 Å². The molecule has 4 nitrogen and oxygen atoms in total. The van der Waals surface area contributed by atoms with Crippen molar-refractivity contribution in [2.75, 3.05) is 10.4 Å². The molecular weight excluding hydrogens is 287 g/mol. The van der Waals surface area contributed by atoms with Crippen LogP contribution in [-0.4, -0.2) is 11.2 Å². The van der Waals surface area contributed by atoms with Gasteiger partial charge in [0.2, 0.25) is 0 Å². The summed E-state index contributed by atoms with van der Waals surface area (Å²) in [4.78, 5) is 11.8. The highest BCUT2D eigenvalue weighted by atomic mass is 35.5. The van der Waals surface area contributed by atoms with Crippen LogP contribution in [0.15, 0.2) is 48.5 Å². The molecular formula is C13H10Cl2N2O2. The van der Waals surface area contributed by atoms with Crippen molar-refractivity contribution in [2.24, 2.45) is 0 Å². The minimum atomic E-state index is -0.727. The SMILES string of the molecule is O=C(Nc1cccc(Cl)c1Cl)N(O)c1ccccc1. The lowest BCUT2D eigenvalue weighted by Gasteiger charge is -2.16. The highest BCUT2D eigenvalue weighted by molar-refractivity contribution is 6.44. The van der Waals surface area contributed by atoms with Crippen molar-refractivity contribution in [1.82, 2.24) is 0 Å². The lowest BCUT2D eigenvalue weighted by Crippen LogP contribution is -2.31. The summed E-state index contributed by atoms with van der Waals surface area (Å²) in [6, 6.07) is 12.5. The van der Waals surface area contributed by atoms with E-state index < -0.39 is 6.03 Å². The Labute approximate surface area is 120 Å². The molecule has 6 heteroatoms. The van der Waals surface area contributed by atoms with E-state index in [1.165, 1.54) is 0 Å². The van der Waals surface area contributed by atoms with Gasteiger partial charge in [0.05, 0.1) is 21.4 Å². The fourth-order valence-corrected chi connectivity index (χ4v) is 1.80. The monoisotopic (exact) mass is 296 g/mol. The molecule has 0 unspecified atom stereocenters. The van der Waals surface area contributed by atoms with E-state index >= 15 is 0 Å². The number of halogens is 2. The molecule has 0 spiro atoms. The smallest absolute Gasteiger partial charge is 0.304 e. The number of urea groups is 1. The zero-order valence-corrected chi connectivity index (χ0v) is 11.2. The van der Waals surface area contributed by atoms with E-state index in [9.17, 15) is 10.0 Å². The molecule has 2 N–H and O–H groups in total. The van der Waals surface area contributed by atoms with Crippen molar-refractivity contribution in [3.63, 3.8) is 0 Å². The molecule has 2 aromatic carbocycles. The van der Waals surface area contributed by atoms with E-state index in [4.69, 9.17) is 23.2 Å². The highest BCUT2D eigenvalue weighted by Gasteiger charge is 2.15. The lowest BCUT2D eigenvalue weighted by molar-refractivity contribution is 0.216. The quantitative estimate of drug-likeness (QED) is 0.636. The average molecular weight is 297 g/mol. The fraction of sp³-hybridized carbons (Fsp3) is 0. The van der Waals surface area contributed by atoms with Crippen molar-refractivity contribution in [2.45, 2.75) is 0 Å². The molecule has 2 aromatic rings. The summed E-state index contributed by atoms with van der Waals surface area (Å²) in [5.74, 6) is 0. The topological polar surface area (TPSA) is 52.6 Å². The van der Waals surface area contributed by atoms with Crippen LogP contribution in [0.1, 0.15) is 0 Å². The number of carbonyl (C=O) groups excluding carboxylic acids is 1. The fourth-order valence-electron chi connectivity index (χ4n) is 1.45. The normalized spacial score (nSPS) is 10.1. The van der Waals surface area contributed by atoms with Gasteiger partial charge in [0.1, 0.15) is 0 Å². The van der Waals surface area contributed by atoms with Gasteiger partial charge in [0.15, 0.2) is 0 Å². The zero-order chi connectivity index (χ0) is 13.8. The Balaban J connectivity index is 2.15. The van der Waals surface area contributed by atoms with Gasteiger partial charge in [-0.05, 0) is 24.3 Å². The van der Waals surface area contributed by atoms with Gasteiger partial charge in [0.25, 0.3) is 0 Å². The minimum absolute atomic E-state index is 0.221. The molecule has 0 radical (unpaired) electrons. The molecule has 0 heterocycles. The Morgan fingerprint density at radius 3 is 2.42 bits per heavy atom. The molecule has 0 aromatic heterocycles. The number of carbonyl (C=O) groups is 1. The van der Waals surface area contributed by atoms with E-state index in [2.05, 4.69) is 5.32 Å². The predicted molar refractivity (Wildman–Crippen MR) is 76.2 cm³/mol. The van der Waals surface area contributed by atoms with Crippen LogP contribution in [0.4, 0.5) is 16.2 Å². The Morgan fingerprint density at radius 2 is 1.74 bits per heavy atom. The van der Waals surface area contributed by atoms with Gasteiger partial charge in [-0.3, -0.25) is 5.21 Å². The number of hydroxylamine groups is 1. The molecule has 0 saturated carbocycles. The van der Waals surface area contributed by atoms with Crippen LogP contribution < -0.4 is 10.4 Å². The third kappa shape index (κ3) is 3.17. The van der Waals surface area contributed by atoms with Crippen molar-refractivity contribution in [3.05, 3.63) is 58.6 Å². The van der Waals surface area contributed by atoms with Crippen molar-refractivity contribution >= 4 is 40.6 Å². The minimum Gasteiger partial charge on any atom is -0.304 e. The summed E-state index contributed by atoms with van der Waals surface area (Å²) < 4.78 is 0. The molecule has 0 aliphatic rings. The van der Waals surface area contributed by atoms with Gasteiger partial charge < -0.3 is 5.32 Å². The zero-order valence-electron chi connectivity index (χ0n) is 9.68. The van der Waals surface area contributed by atoms with Crippen LogP contribution in [0.5, 0.6) is 0 Å². The van der Waals surface area contributed by atoms with Gasteiger partial charge in [-0.15, -0.1) is 0 Å². The third-order valence-electron chi connectivity index (χ3n) is 2.39. The summed E-state index contributed by atoms with van der Waals surface area (Å²) in [7, 11) is 0. The Hall–Kier alpha value is -1.75. The number of rotatable bonds is 2. The summed E-state index contributed by atoms with van der Waals surface area (Å²) >= 11 is 11.8. The second-order valence-electron chi connectivity index (χ2n) is 3.68. The van der Waals surface area contributed by atoms with Crippen LogP contribution in [0.25, 0.3) is 0 Å². The van der Waals surface area contributed by atoms with Gasteiger partial charge in [-0.25, -0.2) is 4.79 Å². The Kier molecular flexibility index (Phi) is 4.27. The molecule has 19 heavy (non-hydrogen) atoms. The largest absolute Gasteiger partial charge is 0.350 e. The van der Waals surface area contributed by atoms with Crippen LogP contribution >= 0.6 is 23.2 Å². The van der Waals surface area contributed by atoms with E-state index in [0.717, 1.165) is 0 Å². The Bertz CT molecular complexity index is 590. The molecule has 2 amide bonds. The molecule has 0 atom stereocenters. The lowest BCUT2D eigenvalue weighted by atomic mass is 10.3. The standard InChI is InChI=1S/C13H10Cl2N2O2/c14-10-7-4-8-11(12(10)15)16-13(18)17(19)9-5-2-1-3-6-9/h1-8,19H,(H,16,18). The molecule has 0 saturated heterocycles. The predicted octanol–water partition coefficient (Wildman–Crippen LogP) is 4.42. The second kappa shape index (κ2) is 5.93. The molecule has 0 fully saturated rings.